The number of rotatable bonds is 5. The first-order valence-corrected chi connectivity index (χ1v) is 11.8. The lowest BCUT2D eigenvalue weighted by Gasteiger charge is -2.30. The normalized spacial score (nSPS) is 17.9. The zero-order chi connectivity index (χ0) is 28.6. The maximum atomic E-state index is 13.3. The number of likely N-dealkylation sites (tertiary alicyclic amines) is 1. The molecule has 0 aliphatic carbocycles. The van der Waals surface area contributed by atoms with Crippen LogP contribution in [0.25, 0.3) is 0 Å². The van der Waals surface area contributed by atoms with E-state index < -0.39 is 58.7 Å². The number of hydrogen-bond acceptors (Lipinski definition) is 3. The standard InChI is InChI=1S/C24H21Cl2F6N3O3/c1-12(36)33-9-21(37)35-10-17(13-3-4-18(25)19(26)7-13)20(11-35)34(2)22(38)14-5-15(23(27,28)29)8-16(6-14)24(30,31)32/h3-8,17,20H,9-11H2,1-2H3,(H,33,36)/t17-,20+/m0/s1. The van der Waals surface area contributed by atoms with Crippen molar-refractivity contribution in [2.45, 2.75) is 31.2 Å². The first-order valence-electron chi connectivity index (χ1n) is 11.0. The molecular formula is C24H21Cl2F6N3O3. The van der Waals surface area contributed by atoms with Gasteiger partial charge in [-0.2, -0.15) is 26.3 Å². The van der Waals surface area contributed by atoms with Gasteiger partial charge in [0.2, 0.25) is 11.8 Å². The lowest BCUT2D eigenvalue weighted by molar-refractivity contribution is -0.143. The second-order valence-electron chi connectivity index (χ2n) is 8.77. The van der Waals surface area contributed by atoms with E-state index in [-0.39, 0.29) is 35.7 Å². The van der Waals surface area contributed by atoms with Gasteiger partial charge >= 0.3 is 12.4 Å². The van der Waals surface area contributed by atoms with Crippen LogP contribution in [0.1, 0.15) is 39.9 Å². The highest BCUT2D eigenvalue weighted by Gasteiger charge is 2.42. The van der Waals surface area contributed by atoms with Crippen LogP contribution in [0.15, 0.2) is 36.4 Å². The highest BCUT2D eigenvalue weighted by atomic mass is 35.5. The van der Waals surface area contributed by atoms with Gasteiger partial charge in [-0.1, -0.05) is 29.3 Å². The van der Waals surface area contributed by atoms with Crippen LogP contribution >= 0.6 is 23.2 Å². The molecule has 2 atom stereocenters. The molecule has 1 fully saturated rings. The Morgan fingerprint density at radius 1 is 0.947 bits per heavy atom. The smallest absolute Gasteiger partial charge is 0.347 e. The molecule has 0 spiro atoms. The molecule has 2 aromatic carbocycles. The van der Waals surface area contributed by atoms with Crippen molar-refractivity contribution in [3.8, 4) is 0 Å². The average molecular weight is 584 g/mol. The summed E-state index contributed by atoms with van der Waals surface area (Å²) in [6, 6.07) is 4.39. The summed E-state index contributed by atoms with van der Waals surface area (Å²) in [5.41, 5.74) is -3.52. The summed E-state index contributed by atoms with van der Waals surface area (Å²) in [5.74, 6) is -2.67. The molecule has 3 rings (SSSR count). The van der Waals surface area contributed by atoms with Crippen LogP contribution in [0.3, 0.4) is 0 Å². The minimum Gasteiger partial charge on any atom is -0.347 e. The van der Waals surface area contributed by atoms with Crippen molar-refractivity contribution in [1.29, 1.82) is 0 Å². The summed E-state index contributed by atoms with van der Waals surface area (Å²) in [4.78, 5) is 39.5. The van der Waals surface area contributed by atoms with Crippen LogP contribution in [-0.4, -0.2) is 60.2 Å². The average Bonchev–Trinajstić information content (AvgIpc) is 3.27. The van der Waals surface area contributed by atoms with E-state index in [2.05, 4.69) is 5.32 Å². The van der Waals surface area contributed by atoms with Gasteiger partial charge < -0.3 is 15.1 Å². The monoisotopic (exact) mass is 583 g/mol. The van der Waals surface area contributed by atoms with Crippen LogP contribution < -0.4 is 5.32 Å². The number of nitrogens with one attached hydrogen (secondary N) is 1. The molecule has 38 heavy (non-hydrogen) atoms. The van der Waals surface area contributed by atoms with E-state index in [1.54, 1.807) is 6.07 Å². The lowest BCUT2D eigenvalue weighted by Crippen LogP contribution is -2.43. The number of amides is 3. The maximum absolute atomic E-state index is 13.3. The van der Waals surface area contributed by atoms with E-state index in [1.165, 1.54) is 31.0 Å². The molecule has 1 saturated heterocycles. The van der Waals surface area contributed by atoms with Crippen molar-refractivity contribution in [2.75, 3.05) is 26.7 Å². The summed E-state index contributed by atoms with van der Waals surface area (Å²) in [6.07, 6.45) is -10.3. The van der Waals surface area contributed by atoms with E-state index in [9.17, 15) is 40.7 Å². The van der Waals surface area contributed by atoms with Crippen molar-refractivity contribution < 1.29 is 40.7 Å². The van der Waals surface area contributed by atoms with Gasteiger partial charge in [0.15, 0.2) is 0 Å². The number of benzene rings is 2. The molecule has 14 heteroatoms. The Labute approximate surface area is 223 Å². The van der Waals surface area contributed by atoms with Gasteiger partial charge in [-0.15, -0.1) is 0 Å². The lowest BCUT2D eigenvalue weighted by atomic mass is 9.93. The van der Waals surface area contributed by atoms with E-state index >= 15 is 0 Å². The summed E-state index contributed by atoms with van der Waals surface area (Å²) >= 11 is 12.1. The van der Waals surface area contributed by atoms with E-state index in [1.807, 2.05) is 0 Å². The van der Waals surface area contributed by atoms with Gasteiger partial charge in [-0.25, -0.2) is 0 Å². The number of hydrogen-bond donors (Lipinski definition) is 1. The fourth-order valence-electron chi connectivity index (χ4n) is 4.20. The van der Waals surface area contributed by atoms with Crippen molar-refractivity contribution in [2.24, 2.45) is 0 Å². The number of halogens is 8. The highest BCUT2D eigenvalue weighted by molar-refractivity contribution is 6.42. The second-order valence-corrected chi connectivity index (χ2v) is 9.58. The van der Waals surface area contributed by atoms with E-state index in [0.717, 1.165) is 4.90 Å². The molecule has 206 valence electrons. The van der Waals surface area contributed by atoms with Crippen LogP contribution in [0, 0.1) is 0 Å². The van der Waals surface area contributed by atoms with Gasteiger partial charge in [0.1, 0.15) is 0 Å². The Morgan fingerprint density at radius 2 is 1.53 bits per heavy atom. The predicted molar refractivity (Wildman–Crippen MR) is 127 cm³/mol. The van der Waals surface area contributed by atoms with Crippen molar-refractivity contribution in [1.82, 2.24) is 15.1 Å². The fourth-order valence-corrected chi connectivity index (χ4v) is 4.50. The third-order valence-electron chi connectivity index (χ3n) is 6.15. The Kier molecular flexibility index (Phi) is 8.57. The molecule has 1 N–H and O–H groups in total. The quantitative estimate of drug-likeness (QED) is 0.490. The molecule has 0 radical (unpaired) electrons. The zero-order valence-electron chi connectivity index (χ0n) is 19.9. The van der Waals surface area contributed by atoms with Crippen molar-refractivity contribution in [3.05, 3.63) is 68.7 Å². The van der Waals surface area contributed by atoms with Crippen LogP contribution in [0.4, 0.5) is 26.3 Å². The molecule has 0 unspecified atom stereocenters. The molecule has 2 aromatic rings. The molecule has 0 aromatic heterocycles. The molecule has 1 aliphatic heterocycles. The van der Waals surface area contributed by atoms with Crippen LogP contribution in [-0.2, 0) is 21.9 Å². The summed E-state index contributed by atoms with van der Waals surface area (Å²) < 4.78 is 80.0. The van der Waals surface area contributed by atoms with E-state index in [0.29, 0.717) is 17.7 Å². The Bertz CT molecular complexity index is 1220. The number of carbonyl (C=O) groups is 3. The summed E-state index contributed by atoms with van der Waals surface area (Å²) in [6.45, 7) is 0.817. The maximum Gasteiger partial charge on any atom is 0.416 e. The van der Waals surface area contributed by atoms with Gasteiger partial charge in [-0.05, 0) is 35.9 Å². The largest absolute Gasteiger partial charge is 0.416 e. The molecule has 1 aliphatic rings. The first kappa shape index (κ1) is 29.6. The number of alkyl halides is 6. The zero-order valence-corrected chi connectivity index (χ0v) is 21.4. The Hall–Kier alpha value is -2.99. The minimum absolute atomic E-state index is 0.0368. The number of nitrogens with zero attached hydrogens (tertiary/aromatic N) is 2. The van der Waals surface area contributed by atoms with Gasteiger partial charge in [-0.3, -0.25) is 14.4 Å². The summed E-state index contributed by atoms with van der Waals surface area (Å²) in [7, 11) is 1.23. The summed E-state index contributed by atoms with van der Waals surface area (Å²) in [5, 5.41) is 2.77. The van der Waals surface area contributed by atoms with Gasteiger partial charge in [0.25, 0.3) is 5.91 Å². The molecule has 3 amide bonds. The van der Waals surface area contributed by atoms with Crippen molar-refractivity contribution >= 4 is 40.9 Å². The first-order chi connectivity index (χ1) is 17.5. The SMILES string of the molecule is CC(=O)NCC(=O)N1C[C@@H](N(C)C(=O)c2cc(C(F)(F)F)cc(C(F)(F)F)c2)[C@H](c2ccc(Cl)c(Cl)c2)C1. The Morgan fingerprint density at radius 3 is 2.03 bits per heavy atom. The van der Waals surface area contributed by atoms with Crippen molar-refractivity contribution in [3.63, 3.8) is 0 Å². The Balaban J connectivity index is 2.00. The van der Waals surface area contributed by atoms with Gasteiger partial charge in [0, 0.05) is 38.5 Å². The fraction of sp³-hybridized carbons (Fsp3) is 0.375. The molecule has 0 bridgehead atoms. The highest BCUT2D eigenvalue weighted by Crippen LogP contribution is 2.38. The number of carbonyl (C=O) groups excluding carboxylic acids is 3. The van der Waals surface area contributed by atoms with Crippen LogP contribution in [0.2, 0.25) is 10.0 Å². The molecule has 6 nitrogen and oxygen atoms in total. The van der Waals surface area contributed by atoms with E-state index in [4.69, 9.17) is 23.2 Å². The molecule has 1 heterocycles. The van der Waals surface area contributed by atoms with Gasteiger partial charge in [0.05, 0.1) is 33.8 Å². The number of likely N-dealkylation sites (N-methyl/N-ethyl adjacent to an activating group) is 1. The third-order valence-corrected chi connectivity index (χ3v) is 6.89. The minimum atomic E-state index is -5.13. The molecule has 0 saturated carbocycles. The second kappa shape index (κ2) is 11.0. The third kappa shape index (κ3) is 6.71. The van der Waals surface area contributed by atoms with Crippen LogP contribution in [0.5, 0.6) is 0 Å². The predicted octanol–water partition coefficient (Wildman–Crippen LogP) is 5.23. The topological polar surface area (TPSA) is 69.7 Å². The molecular weight excluding hydrogens is 563 g/mol.